The predicted molar refractivity (Wildman–Crippen MR) is 59.4 cm³/mol. The quantitative estimate of drug-likeness (QED) is 0.800. The molecule has 0 aliphatic heterocycles. The second kappa shape index (κ2) is 4.01. The largest absolute Gasteiger partial charge is 0.497 e. The molecule has 0 radical (unpaired) electrons. The van der Waals surface area contributed by atoms with Crippen LogP contribution < -0.4 is 10.5 Å². The van der Waals surface area contributed by atoms with Crippen LogP contribution in [0.25, 0.3) is 0 Å². The van der Waals surface area contributed by atoms with Crippen molar-refractivity contribution in [2.45, 2.75) is 26.3 Å². The number of rotatable bonds is 3. The van der Waals surface area contributed by atoms with Crippen LogP contribution in [0.15, 0.2) is 24.3 Å². The monoisotopic (exact) mass is 193 g/mol. The summed E-state index contributed by atoms with van der Waals surface area (Å²) in [6.45, 7) is 6.30. The first-order valence-electron chi connectivity index (χ1n) is 4.92. The lowest BCUT2D eigenvalue weighted by molar-refractivity contribution is 0.347. The van der Waals surface area contributed by atoms with Gasteiger partial charge in [0.25, 0.3) is 0 Å². The van der Waals surface area contributed by atoms with Gasteiger partial charge < -0.3 is 10.5 Å². The summed E-state index contributed by atoms with van der Waals surface area (Å²) in [6, 6.07) is 7.95. The molecule has 0 aromatic heterocycles. The molecule has 1 atom stereocenters. The van der Waals surface area contributed by atoms with Gasteiger partial charge in [-0.1, -0.05) is 26.0 Å². The minimum atomic E-state index is -0.297. The van der Waals surface area contributed by atoms with E-state index >= 15 is 0 Å². The van der Waals surface area contributed by atoms with Crippen molar-refractivity contribution in [2.75, 3.05) is 7.11 Å². The second-order valence-electron chi connectivity index (χ2n) is 4.17. The fraction of sp³-hybridized carbons (Fsp3) is 0.500. The van der Waals surface area contributed by atoms with Gasteiger partial charge in [-0.3, -0.25) is 0 Å². The Labute approximate surface area is 86.1 Å². The fourth-order valence-corrected chi connectivity index (χ4v) is 1.29. The predicted octanol–water partition coefficient (Wildman–Crippen LogP) is 2.53. The van der Waals surface area contributed by atoms with Gasteiger partial charge in [-0.15, -0.1) is 0 Å². The van der Waals surface area contributed by atoms with Gasteiger partial charge in [-0.2, -0.15) is 0 Å². The highest BCUT2D eigenvalue weighted by Gasteiger charge is 2.25. The average Bonchev–Trinajstić information content (AvgIpc) is 2.17. The molecule has 0 heterocycles. The van der Waals surface area contributed by atoms with Crippen LogP contribution in [-0.2, 0) is 5.54 Å². The van der Waals surface area contributed by atoms with Crippen LogP contribution in [0.2, 0.25) is 0 Å². The van der Waals surface area contributed by atoms with E-state index in [-0.39, 0.29) is 5.54 Å². The van der Waals surface area contributed by atoms with Crippen LogP contribution in [0.4, 0.5) is 0 Å². The summed E-state index contributed by atoms with van der Waals surface area (Å²) in [6.07, 6.45) is 0. The first-order valence-corrected chi connectivity index (χ1v) is 4.92. The van der Waals surface area contributed by atoms with Crippen molar-refractivity contribution in [3.63, 3.8) is 0 Å². The molecule has 2 nitrogen and oxygen atoms in total. The Bertz CT molecular complexity index is 305. The molecule has 0 aliphatic carbocycles. The van der Waals surface area contributed by atoms with Crippen LogP contribution in [0, 0.1) is 5.92 Å². The molecular formula is C12H19NO. The molecule has 0 saturated carbocycles. The average molecular weight is 193 g/mol. The molecule has 2 heteroatoms. The Morgan fingerprint density at radius 3 is 2.50 bits per heavy atom. The Morgan fingerprint density at radius 2 is 2.00 bits per heavy atom. The Hall–Kier alpha value is -1.02. The summed E-state index contributed by atoms with van der Waals surface area (Å²) in [5.74, 6) is 1.26. The van der Waals surface area contributed by atoms with Crippen LogP contribution in [0.1, 0.15) is 26.3 Å². The minimum Gasteiger partial charge on any atom is -0.497 e. The van der Waals surface area contributed by atoms with Crippen molar-refractivity contribution < 1.29 is 4.74 Å². The molecule has 1 rings (SSSR count). The van der Waals surface area contributed by atoms with Crippen molar-refractivity contribution in [2.24, 2.45) is 11.7 Å². The van der Waals surface area contributed by atoms with E-state index < -0.39 is 0 Å². The highest BCUT2D eigenvalue weighted by molar-refractivity contribution is 5.33. The van der Waals surface area contributed by atoms with E-state index in [9.17, 15) is 0 Å². The van der Waals surface area contributed by atoms with Crippen LogP contribution in [0.3, 0.4) is 0 Å². The summed E-state index contributed by atoms with van der Waals surface area (Å²) < 4.78 is 5.17. The van der Waals surface area contributed by atoms with Crippen molar-refractivity contribution >= 4 is 0 Å². The van der Waals surface area contributed by atoms with E-state index in [1.54, 1.807) is 7.11 Å². The van der Waals surface area contributed by atoms with E-state index in [0.717, 1.165) is 11.3 Å². The lowest BCUT2D eigenvalue weighted by Crippen LogP contribution is -2.38. The maximum Gasteiger partial charge on any atom is 0.119 e. The van der Waals surface area contributed by atoms with Gasteiger partial charge >= 0.3 is 0 Å². The number of ether oxygens (including phenoxy) is 1. The van der Waals surface area contributed by atoms with Crippen molar-refractivity contribution in [3.8, 4) is 5.75 Å². The topological polar surface area (TPSA) is 35.2 Å². The van der Waals surface area contributed by atoms with Gasteiger partial charge in [0.1, 0.15) is 5.75 Å². The third kappa shape index (κ3) is 2.07. The number of hydrogen-bond acceptors (Lipinski definition) is 2. The Balaban J connectivity index is 3.06. The molecule has 0 spiro atoms. The number of benzene rings is 1. The molecule has 0 saturated heterocycles. The SMILES string of the molecule is COc1cccc(C(C)(N)C(C)C)c1. The van der Waals surface area contributed by atoms with E-state index in [0.29, 0.717) is 5.92 Å². The fourth-order valence-electron chi connectivity index (χ4n) is 1.29. The van der Waals surface area contributed by atoms with Gasteiger partial charge in [0.2, 0.25) is 0 Å². The molecule has 1 aromatic rings. The zero-order valence-corrected chi connectivity index (χ0v) is 9.37. The van der Waals surface area contributed by atoms with Crippen LogP contribution in [-0.4, -0.2) is 7.11 Å². The Morgan fingerprint density at radius 1 is 1.36 bits per heavy atom. The summed E-state index contributed by atoms with van der Waals surface area (Å²) in [5.41, 5.74) is 7.07. The molecule has 14 heavy (non-hydrogen) atoms. The lowest BCUT2D eigenvalue weighted by atomic mass is 9.83. The van der Waals surface area contributed by atoms with Gasteiger partial charge in [0.05, 0.1) is 7.11 Å². The van der Waals surface area contributed by atoms with Crippen molar-refractivity contribution in [1.82, 2.24) is 0 Å². The maximum absolute atomic E-state index is 6.25. The number of nitrogens with two attached hydrogens (primary N) is 1. The van der Waals surface area contributed by atoms with Gasteiger partial charge in [-0.25, -0.2) is 0 Å². The van der Waals surface area contributed by atoms with E-state index in [4.69, 9.17) is 10.5 Å². The highest BCUT2D eigenvalue weighted by atomic mass is 16.5. The van der Waals surface area contributed by atoms with E-state index in [1.165, 1.54) is 0 Å². The van der Waals surface area contributed by atoms with E-state index in [2.05, 4.69) is 13.8 Å². The van der Waals surface area contributed by atoms with Gasteiger partial charge in [0.15, 0.2) is 0 Å². The summed E-state index contributed by atoms with van der Waals surface area (Å²) >= 11 is 0. The first kappa shape index (κ1) is 11.1. The zero-order valence-electron chi connectivity index (χ0n) is 9.37. The maximum atomic E-state index is 6.25. The lowest BCUT2D eigenvalue weighted by Gasteiger charge is -2.29. The van der Waals surface area contributed by atoms with Gasteiger partial charge in [-0.05, 0) is 30.5 Å². The number of methoxy groups -OCH3 is 1. The summed E-state index contributed by atoms with van der Waals surface area (Å²) in [7, 11) is 1.67. The first-order chi connectivity index (χ1) is 6.48. The molecule has 0 bridgehead atoms. The van der Waals surface area contributed by atoms with Crippen molar-refractivity contribution in [1.29, 1.82) is 0 Å². The molecule has 1 aromatic carbocycles. The van der Waals surface area contributed by atoms with Crippen LogP contribution in [0.5, 0.6) is 5.75 Å². The van der Waals surface area contributed by atoms with E-state index in [1.807, 2.05) is 31.2 Å². The summed E-state index contributed by atoms with van der Waals surface area (Å²) in [4.78, 5) is 0. The normalized spacial score (nSPS) is 15.3. The summed E-state index contributed by atoms with van der Waals surface area (Å²) in [5, 5.41) is 0. The second-order valence-corrected chi connectivity index (χ2v) is 4.17. The molecular weight excluding hydrogens is 174 g/mol. The van der Waals surface area contributed by atoms with Gasteiger partial charge in [0, 0.05) is 5.54 Å². The molecule has 2 N–H and O–H groups in total. The molecule has 0 aliphatic rings. The smallest absolute Gasteiger partial charge is 0.119 e. The molecule has 78 valence electrons. The van der Waals surface area contributed by atoms with Crippen molar-refractivity contribution in [3.05, 3.63) is 29.8 Å². The third-order valence-corrected chi connectivity index (χ3v) is 2.89. The molecule has 1 unspecified atom stereocenters. The molecule has 0 amide bonds. The Kier molecular flexibility index (Phi) is 3.17. The molecule has 0 fully saturated rings. The van der Waals surface area contributed by atoms with Crippen LogP contribution >= 0.6 is 0 Å². The number of hydrogen-bond donors (Lipinski definition) is 1. The zero-order chi connectivity index (χ0) is 10.8. The third-order valence-electron chi connectivity index (χ3n) is 2.89. The minimum absolute atomic E-state index is 0.297. The highest BCUT2D eigenvalue weighted by Crippen LogP contribution is 2.28. The standard InChI is InChI=1S/C12H19NO/c1-9(2)12(3,13)10-6-5-7-11(8-10)14-4/h5-9H,13H2,1-4H3.